The normalized spacial score (nSPS) is 10.5. The third kappa shape index (κ3) is 3.14. The molecule has 0 unspecified atom stereocenters. The minimum Gasteiger partial charge on any atom is -0.486 e. The van der Waals surface area contributed by atoms with Gasteiger partial charge < -0.3 is 21.6 Å². The lowest BCUT2D eigenvalue weighted by molar-refractivity contribution is 0.308. The molecule has 9 heteroatoms. The lowest BCUT2D eigenvalue weighted by atomic mass is 10.2. The van der Waals surface area contributed by atoms with Crippen LogP contribution >= 0.6 is 0 Å². The van der Waals surface area contributed by atoms with Crippen molar-refractivity contribution in [2.75, 3.05) is 16.9 Å². The Hall–Kier alpha value is -3.33. The zero-order valence-electron chi connectivity index (χ0n) is 12.2. The summed E-state index contributed by atoms with van der Waals surface area (Å²) in [7, 11) is 0. The highest BCUT2D eigenvalue weighted by molar-refractivity contribution is 5.71. The number of nitrogens with zero attached hydrogens (tertiary/aromatic N) is 4. The number of ether oxygens (including phenoxy) is 1. The first-order valence-corrected chi connectivity index (χ1v) is 6.76. The molecule has 0 bridgehead atoms. The average Bonchev–Trinajstić information content (AvgIpc) is 3.10. The molecule has 0 atom stereocenters. The van der Waals surface area contributed by atoms with Gasteiger partial charge in [0.2, 0.25) is 0 Å². The molecule has 1 aromatic carbocycles. The van der Waals surface area contributed by atoms with Crippen molar-refractivity contribution in [3.8, 4) is 11.4 Å². The van der Waals surface area contributed by atoms with Crippen molar-refractivity contribution in [1.82, 2.24) is 19.7 Å². The highest BCUT2D eigenvalue weighted by Crippen LogP contribution is 2.30. The fraction of sp³-hybridized carbons (Fsp3) is 0.0714. The predicted octanol–water partition coefficient (Wildman–Crippen LogP) is 0.691. The van der Waals surface area contributed by atoms with Gasteiger partial charge in [0, 0.05) is 6.07 Å². The maximum atomic E-state index is 5.93. The van der Waals surface area contributed by atoms with Crippen LogP contribution in [0.25, 0.3) is 5.69 Å². The van der Waals surface area contributed by atoms with Gasteiger partial charge in [0.25, 0.3) is 0 Å². The van der Waals surface area contributed by atoms with Crippen LogP contribution in [0.1, 0.15) is 5.56 Å². The van der Waals surface area contributed by atoms with E-state index >= 15 is 0 Å². The standard InChI is InChI=1S/C14H16N8O/c15-12-5-11(13(16)14(20-12)21-17)23-6-9-2-1-3-10(4-9)22-8-18-7-19-22/h1-5,7-8H,6,16-17H2,(H3,15,20,21). The van der Waals surface area contributed by atoms with Gasteiger partial charge in [0.1, 0.15) is 36.5 Å². The molecule has 118 valence electrons. The van der Waals surface area contributed by atoms with Crippen molar-refractivity contribution in [2.45, 2.75) is 6.61 Å². The van der Waals surface area contributed by atoms with Crippen LogP contribution in [-0.4, -0.2) is 19.7 Å². The van der Waals surface area contributed by atoms with Crippen molar-refractivity contribution >= 4 is 17.3 Å². The lowest BCUT2D eigenvalue weighted by Crippen LogP contribution is -2.13. The molecule has 0 fully saturated rings. The van der Waals surface area contributed by atoms with Crippen LogP contribution < -0.4 is 27.5 Å². The minimum atomic E-state index is 0.263. The quantitative estimate of drug-likeness (QED) is 0.398. The molecule has 3 rings (SSSR count). The summed E-state index contributed by atoms with van der Waals surface area (Å²) in [6.07, 6.45) is 3.10. The number of anilines is 3. The summed E-state index contributed by atoms with van der Waals surface area (Å²) in [6, 6.07) is 9.26. The molecule has 3 aromatic rings. The Kier molecular flexibility index (Phi) is 3.93. The van der Waals surface area contributed by atoms with Crippen LogP contribution in [0.2, 0.25) is 0 Å². The summed E-state index contributed by atoms with van der Waals surface area (Å²) in [5.41, 5.74) is 16.1. The Morgan fingerprint density at radius 3 is 2.83 bits per heavy atom. The summed E-state index contributed by atoms with van der Waals surface area (Å²) < 4.78 is 7.40. The second kappa shape index (κ2) is 6.20. The maximum Gasteiger partial charge on any atom is 0.169 e. The monoisotopic (exact) mass is 312 g/mol. The smallest absolute Gasteiger partial charge is 0.169 e. The number of nitrogen functional groups attached to an aromatic ring is 3. The van der Waals surface area contributed by atoms with E-state index in [0.29, 0.717) is 18.0 Å². The zero-order valence-corrected chi connectivity index (χ0v) is 12.2. The third-order valence-electron chi connectivity index (χ3n) is 3.17. The van der Waals surface area contributed by atoms with E-state index in [2.05, 4.69) is 20.5 Å². The maximum absolute atomic E-state index is 5.93. The van der Waals surface area contributed by atoms with Gasteiger partial charge in [-0.2, -0.15) is 5.10 Å². The topological polar surface area (TPSA) is 143 Å². The van der Waals surface area contributed by atoms with E-state index in [1.165, 1.54) is 6.33 Å². The lowest BCUT2D eigenvalue weighted by Gasteiger charge is -2.13. The van der Waals surface area contributed by atoms with E-state index < -0.39 is 0 Å². The Balaban J connectivity index is 1.79. The molecule has 0 aliphatic carbocycles. The zero-order chi connectivity index (χ0) is 16.2. The van der Waals surface area contributed by atoms with Crippen LogP contribution in [0.4, 0.5) is 17.3 Å². The number of benzene rings is 1. The van der Waals surface area contributed by atoms with Crippen molar-refractivity contribution in [1.29, 1.82) is 0 Å². The molecular weight excluding hydrogens is 296 g/mol. The Morgan fingerprint density at radius 2 is 2.09 bits per heavy atom. The molecule has 0 radical (unpaired) electrons. The fourth-order valence-corrected chi connectivity index (χ4v) is 2.07. The van der Waals surface area contributed by atoms with Crippen molar-refractivity contribution in [3.05, 3.63) is 48.5 Å². The van der Waals surface area contributed by atoms with Crippen molar-refractivity contribution in [3.63, 3.8) is 0 Å². The van der Waals surface area contributed by atoms with Gasteiger partial charge in [-0.05, 0) is 17.7 Å². The Bertz CT molecular complexity index is 803. The number of hydrazine groups is 1. The predicted molar refractivity (Wildman–Crippen MR) is 86.6 cm³/mol. The molecule has 0 aliphatic heterocycles. The van der Waals surface area contributed by atoms with Gasteiger partial charge >= 0.3 is 0 Å². The van der Waals surface area contributed by atoms with Crippen LogP contribution in [0.5, 0.6) is 5.75 Å². The van der Waals surface area contributed by atoms with E-state index in [0.717, 1.165) is 11.3 Å². The number of hydrogen-bond acceptors (Lipinski definition) is 8. The molecule has 7 N–H and O–H groups in total. The Morgan fingerprint density at radius 1 is 1.22 bits per heavy atom. The number of aromatic nitrogens is 4. The summed E-state index contributed by atoms with van der Waals surface area (Å²) >= 11 is 0. The van der Waals surface area contributed by atoms with Crippen molar-refractivity contribution < 1.29 is 4.74 Å². The van der Waals surface area contributed by atoms with Gasteiger partial charge in [0.05, 0.1) is 5.69 Å². The van der Waals surface area contributed by atoms with E-state index in [9.17, 15) is 0 Å². The van der Waals surface area contributed by atoms with Crippen LogP contribution in [0.3, 0.4) is 0 Å². The molecule has 2 heterocycles. The number of rotatable bonds is 5. The number of nitrogens with one attached hydrogen (secondary N) is 1. The van der Waals surface area contributed by atoms with Crippen molar-refractivity contribution in [2.24, 2.45) is 5.84 Å². The first-order chi connectivity index (χ1) is 11.2. The molecular formula is C14H16N8O. The summed E-state index contributed by atoms with van der Waals surface area (Å²) in [5, 5.41) is 4.09. The van der Waals surface area contributed by atoms with Gasteiger partial charge in [-0.1, -0.05) is 12.1 Å². The van der Waals surface area contributed by atoms with E-state index in [-0.39, 0.29) is 11.6 Å². The number of hydrogen-bond donors (Lipinski definition) is 4. The van der Waals surface area contributed by atoms with Gasteiger partial charge in [0.15, 0.2) is 5.82 Å². The molecule has 2 aromatic heterocycles. The number of nitrogens with two attached hydrogens (primary N) is 3. The molecule has 0 saturated carbocycles. The minimum absolute atomic E-state index is 0.263. The summed E-state index contributed by atoms with van der Waals surface area (Å²) in [5.74, 6) is 6.30. The highest BCUT2D eigenvalue weighted by Gasteiger charge is 2.09. The molecule has 0 amide bonds. The second-order valence-corrected chi connectivity index (χ2v) is 4.75. The summed E-state index contributed by atoms with van der Waals surface area (Å²) in [4.78, 5) is 7.90. The third-order valence-corrected chi connectivity index (χ3v) is 3.17. The molecule has 0 saturated heterocycles. The first-order valence-electron chi connectivity index (χ1n) is 6.76. The van der Waals surface area contributed by atoms with E-state index in [4.69, 9.17) is 22.0 Å². The van der Waals surface area contributed by atoms with E-state index in [1.54, 1.807) is 17.1 Å². The fourth-order valence-electron chi connectivity index (χ4n) is 2.07. The van der Waals surface area contributed by atoms with Crippen LogP contribution in [0, 0.1) is 0 Å². The van der Waals surface area contributed by atoms with E-state index in [1.807, 2.05) is 24.3 Å². The molecule has 23 heavy (non-hydrogen) atoms. The largest absolute Gasteiger partial charge is 0.486 e. The second-order valence-electron chi connectivity index (χ2n) is 4.75. The average molecular weight is 312 g/mol. The SMILES string of the molecule is NNc1nc(N)cc(OCc2cccc(-n3cncn3)c2)c1N. The van der Waals surface area contributed by atoms with Crippen LogP contribution in [0.15, 0.2) is 43.0 Å². The molecule has 0 aliphatic rings. The molecule has 0 spiro atoms. The van der Waals surface area contributed by atoms with Gasteiger partial charge in [-0.3, -0.25) is 0 Å². The number of pyridine rings is 1. The Labute approximate surface area is 132 Å². The first kappa shape index (κ1) is 14.6. The van der Waals surface area contributed by atoms with Gasteiger partial charge in [-0.25, -0.2) is 20.5 Å². The highest BCUT2D eigenvalue weighted by atomic mass is 16.5. The molecule has 9 nitrogen and oxygen atoms in total. The van der Waals surface area contributed by atoms with Gasteiger partial charge in [-0.15, -0.1) is 0 Å². The summed E-state index contributed by atoms with van der Waals surface area (Å²) in [6.45, 7) is 0.306. The van der Waals surface area contributed by atoms with Crippen LogP contribution in [-0.2, 0) is 6.61 Å².